The van der Waals surface area contributed by atoms with Gasteiger partial charge in [-0.25, -0.2) is 10.2 Å². The van der Waals surface area contributed by atoms with Gasteiger partial charge in [-0.1, -0.05) is 34.1 Å². The first-order valence-corrected chi connectivity index (χ1v) is 9.99. The Hall–Kier alpha value is -3.45. The first kappa shape index (κ1) is 21.3. The molecule has 152 valence electrons. The van der Waals surface area contributed by atoms with Crippen LogP contribution in [0.5, 0.6) is 11.5 Å². The number of carbonyl (C=O) groups is 2. The van der Waals surface area contributed by atoms with Crippen molar-refractivity contribution in [3.05, 3.63) is 94.0 Å². The van der Waals surface area contributed by atoms with Crippen molar-refractivity contribution in [1.82, 2.24) is 5.43 Å². The molecule has 0 saturated heterocycles. The Balaban J connectivity index is 1.70. The minimum absolute atomic E-state index is 0.301. The zero-order valence-corrected chi connectivity index (χ0v) is 17.8. The maximum atomic E-state index is 12.4. The van der Waals surface area contributed by atoms with Crippen LogP contribution in [0, 0.1) is 0 Å². The SMILES string of the molecule is CCOc1cc(/C=N\NC(=O)c2ccccc2)ccc1OC(=O)c1ccc(Br)cc1. The summed E-state index contributed by atoms with van der Waals surface area (Å²) in [6.07, 6.45) is 1.49. The number of benzene rings is 3. The van der Waals surface area contributed by atoms with E-state index in [1.165, 1.54) is 6.21 Å². The van der Waals surface area contributed by atoms with Crippen molar-refractivity contribution in [2.24, 2.45) is 5.10 Å². The molecule has 0 fully saturated rings. The Morgan fingerprint density at radius 2 is 1.70 bits per heavy atom. The second kappa shape index (κ2) is 10.4. The van der Waals surface area contributed by atoms with Gasteiger partial charge in [0, 0.05) is 10.0 Å². The van der Waals surface area contributed by atoms with Gasteiger partial charge in [-0.2, -0.15) is 5.10 Å². The van der Waals surface area contributed by atoms with Gasteiger partial charge in [0.05, 0.1) is 18.4 Å². The molecule has 0 aliphatic rings. The van der Waals surface area contributed by atoms with E-state index in [1.807, 2.05) is 13.0 Å². The molecule has 3 aromatic carbocycles. The van der Waals surface area contributed by atoms with Crippen molar-refractivity contribution in [3.63, 3.8) is 0 Å². The molecule has 3 aromatic rings. The van der Waals surface area contributed by atoms with Crippen LogP contribution in [0.1, 0.15) is 33.2 Å². The molecular weight excluding hydrogens is 448 g/mol. The zero-order chi connectivity index (χ0) is 21.3. The van der Waals surface area contributed by atoms with Crippen LogP contribution in [0.25, 0.3) is 0 Å². The van der Waals surface area contributed by atoms with E-state index in [0.29, 0.717) is 34.8 Å². The van der Waals surface area contributed by atoms with E-state index in [2.05, 4.69) is 26.5 Å². The van der Waals surface area contributed by atoms with Crippen molar-refractivity contribution >= 4 is 34.0 Å². The fourth-order valence-electron chi connectivity index (χ4n) is 2.52. The van der Waals surface area contributed by atoms with Crippen molar-refractivity contribution in [3.8, 4) is 11.5 Å². The Labute approximate surface area is 182 Å². The van der Waals surface area contributed by atoms with Crippen LogP contribution in [0.4, 0.5) is 0 Å². The summed E-state index contributed by atoms with van der Waals surface area (Å²) in [6.45, 7) is 2.23. The highest BCUT2D eigenvalue weighted by atomic mass is 79.9. The van der Waals surface area contributed by atoms with Gasteiger partial charge in [-0.05, 0) is 67.1 Å². The van der Waals surface area contributed by atoms with Gasteiger partial charge in [0.2, 0.25) is 0 Å². The molecule has 1 N–H and O–H groups in total. The number of nitrogens with one attached hydrogen (secondary N) is 1. The number of hydrogen-bond donors (Lipinski definition) is 1. The summed E-state index contributed by atoms with van der Waals surface area (Å²) in [6, 6.07) is 20.7. The molecule has 30 heavy (non-hydrogen) atoms. The highest BCUT2D eigenvalue weighted by Gasteiger charge is 2.13. The Kier molecular flexibility index (Phi) is 7.34. The largest absolute Gasteiger partial charge is 0.490 e. The Morgan fingerprint density at radius 1 is 0.967 bits per heavy atom. The summed E-state index contributed by atoms with van der Waals surface area (Å²) in [5, 5.41) is 3.97. The molecule has 0 saturated carbocycles. The van der Waals surface area contributed by atoms with Crippen LogP contribution in [0.2, 0.25) is 0 Å². The van der Waals surface area contributed by atoms with Crippen LogP contribution in [0.15, 0.2) is 82.4 Å². The molecule has 0 aliphatic carbocycles. The standard InChI is InChI=1S/C23H19BrN2O4/c1-2-29-21-14-16(15-25-26-22(27)17-6-4-3-5-7-17)8-13-20(21)30-23(28)18-9-11-19(24)12-10-18/h3-15H,2H2,1H3,(H,26,27)/b25-15-. The molecule has 0 aromatic heterocycles. The summed E-state index contributed by atoms with van der Waals surface area (Å²) < 4.78 is 12.0. The average Bonchev–Trinajstić information content (AvgIpc) is 2.76. The van der Waals surface area contributed by atoms with Gasteiger partial charge in [0.15, 0.2) is 11.5 Å². The van der Waals surface area contributed by atoms with Gasteiger partial charge >= 0.3 is 5.97 Å². The van der Waals surface area contributed by atoms with Crippen molar-refractivity contribution in [2.75, 3.05) is 6.61 Å². The van der Waals surface area contributed by atoms with Crippen molar-refractivity contribution in [2.45, 2.75) is 6.92 Å². The number of carbonyl (C=O) groups excluding carboxylic acids is 2. The number of hydrazone groups is 1. The van der Waals surface area contributed by atoms with Crippen LogP contribution in [-0.2, 0) is 0 Å². The first-order valence-electron chi connectivity index (χ1n) is 9.20. The van der Waals surface area contributed by atoms with Crippen LogP contribution in [0.3, 0.4) is 0 Å². The van der Waals surface area contributed by atoms with Crippen molar-refractivity contribution in [1.29, 1.82) is 0 Å². The fraction of sp³-hybridized carbons (Fsp3) is 0.0870. The zero-order valence-electron chi connectivity index (χ0n) is 16.2. The van der Waals surface area contributed by atoms with E-state index in [4.69, 9.17) is 9.47 Å². The molecule has 0 aliphatic heterocycles. The second-order valence-electron chi connectivity index (χ2n) is 6.10. The molecular formula is C23H19BrN2O4. The van der Waals surface area contributed by atoms with Gasteiger partial charge in [-0.15, -0.1) is 0 Å². The number of hydrogen-bond acceptors (Lipinski definition) is 5. The number of ether oxygens (including phenoxy) is 2. The molecule has 1 amide bonds. The molecule has 3 rings (SSSR count). The molecule has 0 atom stereocenters. The molecule has 0 heterocycles. The monoisotopic (exact) mass is 466 g/mol. The minimum atomic E-state index is -0.486. The lowest BCUT2D eigenvalue weighted by molar-refractivity contribution is 0.0728. The number of rotatable bonds is 7. The number of halogens is 1. The van der Waals surface area contributed by atoms with E-state index in [0.717, 1.165) is 4.47 Å². The average molecular weight is 467 g/mol. The topological polar surface area (TPSA) is 77.0 Å². The lowest BCUT2D eigenvalue weighted by Gasteiger charge is -2.11. The molecule has 0 spiro atoms. The third kappa shape index (κ3) is 5.78. The van der Waals surface area contributed by atoms with Gasteiger partial charge in [0.1, 0.15) is 0 Å². The second-order valence-corrected chi connectivity index (χ2v) is 7.02. The fourth-order valence-corrected chi connectivity index (χ4v) is 2.79. The van der Waals surface area contributed by atoms with E-state index in [9.17, 15) is 9.59 Å². The van der Waals surface area contributed by atoms with Crippen LogP contribution >= 0.6 is 15.9 Å². The normalized spacial score (nSPS) is 10.6. The smallest absolute Gasteiger partial charge is 0.343 e. The van der Waals surface area contributed by atoms with Gasteiger partial charge in [-0.3, -0.25) is 4.79 Å². The molecule has 0 radical (unpaired) electrons. The third-order valence-corrected chi connectivity index (χ3v) is 4.49. The summed E-state index contributed by atoms with van der Waals surface area (Å²) in [7, 11) is 0. The van der Waals surface area contributed by atoms with Crippen molar-refractivity contribution < 1.29 is 19.1 Å². The van der Waals surface area contributed by atoms with Crippen LogP contribution < -0.4 is 14.9 Å². The summed E-state index contributed by atoms with van der Waals surface area (Å²) >= 11 is 3.33. The number of nitrogens with zero attached hydrogens (tertiary/aromatic N) is 1. The number of amides is 1. The third-order valence-electron chi connectivity index (χ3n) is 3.97. The minimum Gasteiger partial charge on any atom is -0.490 e. The Bertz CT molecular complexity index is 1050. The van der Waals surface area contributed by atoms with Gasteiger partial charge in [0.25, 0.3) is 5.91 Å². The number of esters is 1. The Morgan fingerprint density at radius 3 is 2.40 bits per heavy atom. The summed E-state index contributed by atoms with van der Waals surface area (Å²) in [5.74, 6) is -0.0894. The molecule has 0 unspecified atom stereocenters. The molecule has 6 nitrogen and oxygen atoms in total. The molecule has 0 bridgehead atoms. The lowest BCUT2D eigenvalue weighted by Crippen LogP contribution is -2.17. The van der Waals surface area contributed by atoms with E-state index < -0.39 is 5.97 Å². The predicted octanol–water partition coefficient (Wildman–Crippen LogP) is 4.83. The van der Waals surface area contributed by atoms with E-state index in [-0.39, 0.29) is 5.91 Å². The summed E-state index contributed by atoms with van der Waals surface area (Å²) in [5.41, 5.74) is 4.09. The lowest BCUT2D eigenvalue weighted by atomic mass is 10.2. The predicted molar refractivity (Wildman–Crippen MR) is 118 cm³/mol. The maximum absolute atomic E-state index is 12.4. The van der Waals surface area contributed by atoms with Crippen LogP contribution in [-0.4, -0.2) is 24.7 Å². The quantitative estimate of drug-likeness (QED) is 0.234. The van der Waals surface area contributed by atoms with E-state index in [1.54, 1.807) is 66.7 Å². The highest BCUT2D eigenvalue weighted by Crippen LogP contribution is 2.29. The van der Waals surface area contributed by atoms with E-state index >= 15 is 0 Å². The summed E-state index contributed by atoms with van der Waals surface area (Å²) in [4.78, 5) is 24.4. The molecule has 7 heteroatoms. The highest BCUT2D eigenvalue weighted by molar-refractivity contribution is 9.10. The first-order chi connectivity index (χ1) is 14.6. The maximum Gasteiger partial charge on any atom is 0.343 e. The van der Waals surface area contributed by atoms with Gasteiger partial charge < -0.3 is 9.47 Å².